The predicted octanol–water partition coefficient (Wildman–Crippen LogP) is 4.82. The molecule has 0 aliphatic heterocycles. The highest BCUT2D eigenvalue weighted by Gasteiger charge is 2.12. The number of halogens is 2. The largest absolute Gasteiger partial charge is 0.0840 e. The third-order valence-corrected chi connectivity index (χ3v) is 3.64. The Balaban J connectivity index is 2.37. The number of benzene rings is 2. The average molecular weight is 282 g/mol. The van der Waals surface area contributed by atoms with Crippen LogP contribution in [0.1, 0.15) is 16.0 Å². The van der Waals surface area contributed by atoms with Crippen LogP contribution in [0.5, 0.6) is 0 Å². The monoisotopic (exact) mass is 280 g/mol. The van der Waals surface area contributed by atoms with Crippen LogP contribution >= 0.6 is 27.5 Å². The molecule has 2 heteroatoms. The fourth-order valence-electron chi connectivity index (χ4n) is 1.48. The third kappa shape index (κ3) is 2.42. The van der Waals surface area contributed by atoms with Gasteiger partial charge in [0, 0.05) is 5.02 Å². The fourth-order valence-corrected chi connectivity index (χ4v) is 2.56. The van der Waals surface area contributed by atoms with Crippen molar-refractivity contribution >= 4 is 27.5 Å². The lowest BCUT2D eigenvalue weighted by molar-refractivity contribution is 1.18. The molecule has 0 radical (unpaired) electrons. The molecule has 0 aromatic heterocycles. The molecule has 0 saturated heterocycles. The Morgan fingerprint density at radius 3 is 2.13 bits per heavy atom. The van der Waals surface area contributed by atoms with Crippen molar-refractivity contribution in [2.75, 3.05) is 0 Å². The second-order valence-electron chi connectivity index (χ2n) is 3.29. The van der Waals surface area contributed by atoms with Gasteiger partial charge in [-0.3, -0.25) is 0 Å². The van der Waals surface area contributed by atoms with Crippen LogP contribution in [0.3, 0.4) is 0 Å². The summed E-state index contributed by atoms with van der Waals surface area (Å²) in [6, 6.07) is 18.1. The minimum Gasteiger partial charge on any atom is -0.0840 e. The lowest BCUT2D eigenvalue weighted by Gasteiger charge is -2.11. The number of hydrogen-bond acceptors (Lipinski definition) is 0. The molecule has 2 rings (SSSR count). The van der Waals surface area contributed by atoms with Gasteiger partial charge in [-0.1, -0.05) is 76.1 Å². The number of hydrogen-bond donors (Lipinski definition) is 0. The first-order chi connectivity index (χ1) is 7.29. The van der Waals surface area contributed by atoms with Crippen molar-refractivity contribution in [2.45, 2.75) is 4.83 Å². The van der Waals surface area contributed by atoms with Gasteiger partial charge in [0.15, 0.2) is 0 Å². The van der Waals surface area contributed by atoms with Crippen LogP contribution in [0.2, 0.25) is 5.02 Å². The zero-order valence-electron chi connectivity index (χ0n) is 8.03. The molecule has 15 heavy (non-hydrogen) atoms. The summed E-state index contributed by atoms with van der Waals surface area (Å²) in [5.74, 6) is 0. The molecule has 76 valence electrons. The van der Waals surface area contributed by atoms with Gasteiger partial charge in [0.05, 0.1) is 4.83 Å². The standard InChI is InChI=1S/C13H10BrCl/c14-13(10-6-2-1-3-7-10)11-8-4-5-9-12(11)15/h1-9,13H/t13-/m0/s1. The van der Waals surface area contributed by atoms with E-state index in [0.717, 1.165) is 10.6 Å². The molecule has 2 aromatic rings. The zero-order chi connectivity index (χ0) is 10.7. The Bertz CT molecular complexity index is 439. The predicted molar refractivity (Wildman–Crippen MR) is 68.7 cm³/mol. The van der Waals surface area contributed by atoms with Crippen LogP contribution < -0.4 is 0 Å². The summed E-state index contributed by atoms with van der Waals surface area (Å²) < 4.78 is 0. The smallest absolute Gasteiger partial charge is 0.0659 e. The summed E-state index contributed by atoms with van der Waals surface area (Å²) in [4.78, 5) is 0.160. The summed E-state index contributed by atoms with van der Waals surface area (Å²) in [6.45, 7) is 0. The van der Waals surface area contributed by atoms with Gasteiger partial charge in [0.25, 0.3) is 0 Å². The van der Waals surface area contributed by atoms with E-state index < -0.39 is 0 Å². The van der Waals surface area contributed by atoms with Crippen molar-refractivity contribution in [3.63, 3.8) is 0 Å². The van der Waals surface area contributed by atoms with E-state index in [9.17, 15) is 0 Å². The first-order valence-corrected chi connectivity index (χ1v) is 6.02. The quantitative estimate of drug-likeness (QED) is 0.692. The molecule has 0 aliphatic rings. The maximum Gasteiger partial charge on any atom is 0.0659 e. The van der Waals surface area contributed by atoms with Crippen LogP contribution in [0, 0.1) is 0 Å². The first kappa shape index (κ1) is 10.7. The van der Waals surface area contributed by atoms with Crippen molar-refractivity contribution in [2.24, 2.45) is 0 Å². The number of alkyl halides is 1. The van der Waals surface area contributed by atoms with Gasteiger partial charge >= 0.3 is 0 Å². The lowest BCUT2D eigenvalue weighted by Crippen LogP contribution is -1.92. The molecule has 0 amide bonds. The van der Waals surface area contributed by atoms with E-state index in [1.807, 2.05) is 42.5 Å². The topological polar surface area (TPSA) is 0 Å². The third-order valence-electron chi connectivity index (χ3n) is 2.27. The van der Waals surface area contributed by atoms with Crippen LogP contribution in [0.15, 0.2) is 54.6 Å². The van der Waals surface area contributed by atoms with Gasteiger partial charge in [0.2, 0.25) is 0 Å². The summed E-state index contributed by atoms with van der Waals surface area (Å²) in [6.07, 6.45) is 0. The Morgan fingerprint density at radius 1 is 0.867 bits per heavy atom. The van der Waals surface area contributed by atoms with Gasteiger partial charge in [0.1, 0.15) is 0 Å². The molecule has 0 fully saturated rings. The first-order valence-electron chi connectivity index (χ1n) is 4.72. The second-order valence-corrected chi connectivity index (χ2v) is 4.62. The van der Waals surface area contributed by atoms with Crippen LogP contribution in [0.25, 0.3) is 0 Å². The Kier molecular flexibility index (Phi) is 3.45. The Morgan fingerprint density at radius 2 is 1.47 bits per heavy atom. The molecule has 0 N–H and O–H groups in total. The van der Waals surface area contributed by atoms with Crippen LogP contribution in [0.4, 0.5) is 0 Å². The molecule has 0 saturated carbocycles. The van der Waals surface area contributed by atoms with Gasteiger partial charge < -0.3 is 0 Å². The Labute approximate surface area is 103 Å². The highest BCUT2D eigenvalue weighted by molar-refractivity contribution is 9.09. The van der Waals surface area contributed by atoms with E-state index in [2.05, 4.69) is 28.1 Å². The highest BCUT2D eigenvalue weighted by Crippen LogP contribution is 2.34. The van der Waals surface area contributed by atoms with E-state index in [4.69, 9.17) is 11.6 Å². The zero-order valence-corrected chi connectivity index (χ0v) is 10.4. The maximum absolute atomic E-state index is 6.14. The molecule has 0 heterocycles. The molecule has 0 nitrogen and oxygen atoms in total. The van der Waals surface area contributed by atoms with E-state index in [-0.39, 0.29) is 4.83 Å². The fraction of sp³-hybridized carbons (Fsp3) is 0.0769. The number of rotatable bonds is 2. The van der Waals surface area contributed by atoms with E-state index in [1.165, 1.54) is 5.56 Å². The molecular weight excluding hydrogens is 272 g/mol. The molecule has 0 aliphatic carbocycles. The minimum absolute atomic E-state index is 0.160. The average Bonchev–Trinajstić information content (AvgIpc) is 2.30. The van der Waals surface area contributed by atoms with E-state index in [1.54, 1.807) is 0 Å². The molecule has 2 aromatic carbocycles. The van der Waals surface area contributed by atoms with Crippen molar-refractivity contribution < 1.29 is 0 Å². The lowest BCUT2D eigenvalue weighted by atomic mass is 10.1. The van der Waals surface area contributed by atoms with Crippen LogP contribution in [-0.4, -0.2) is 0 Å². The Hall–Kier alpha value is -0.790. The summed E-state index contributed by atoms with van der Waals surface area (Å²) >= 11 is 9.80. The summed E-state index contributed by atoms with van der Waals surface area (Å²) in [5.41, 5.74) is 2.32. The summed E-state index contributed by atoms with van der Waals surface area (Å²) in [7, 11) is 0. The van der Waals surface area contributed by atoms with Gasteiger partial charge in [-0.25, -0.2) is 0 Å². The van der Waals surface area contributed by atoms with Crippen molar-refractivity contribution in [1.29, 1.82) is 0 Å². The summed E-state index contributed by atoms with van der Waals surface area (Å²) in [5, 5.41) is 0.795. The minimum atomic E-state index is 0.160. The van der Waals surface area contributed by atoms with Gasteiger partial charge in [-0.05, 0) is 17.2 Å². The molecule has 0 spiro atoms. The van der Waals surface area contributed by atoms with Crippen LogP contribution in [-0.2, 0) is 0 Å². The van der Waals surface area contributed by atoms with Crippen molar-refractivity contribution in [1.82, 2.24) is 0 Å². The SMILES string of the molecule is Clc1ccccc1[C@@H](Br)c1ccccc1. The molecule has 1 atom stereocenters. The maximum atomic E-state index is 6.14. The van der Waals surface area contributed by atoms with E-state index >= 15 is 0 Å². The van der Waals surface area contributed by atoms with Crippen molar-refractivity contribution in [3.05, 3.63) is 70.7 Å². The molecular formula is C13H10BrCl. The highest BCUT2D eigenvalue weighted by atomic mass is 79.9. The molecule has 0 unspecified atom stereocenters. The van der Waals surface area contributed by atoms with Gasteiger partial charge in [-0.2, -0.15) is 0 Å². The van der Waals surface area contributed by atoms with Crippen molar-refractivity contribution in [3.8, 4) is 0 Å². The molecule has 0 bridgehead atoms. The van der Waals surface area contributed by atoms with Gasteiger partial charge in [-0.15, -0.1) is 0 Å². The van der Waals surface area contributed by atoms with E-state index in [0.29, 0.717) is 0 Å². The normalized spacial score (nSPS) is 12.4. The second kappa shape index (κ2) is 4.82.